The molecule has 0 bridgehead atoms. The van der Waals surface area contributed by atoms with Crippen molar-refractivity contribution in [3.05, 3.63) is 29.3 Å². The Hall–Kier alpha value is -1.06. The molecule has 19 heavy (non-hydrogen) atoms. The van der Waals surface area contributed by atoms with Crippen molar-refractivity contribution in [2.45, 2.75) is 32.6 Å². The second-order valence-electron chi connectivity index (χ2n) is 5.19. The number of methoxy groups -OCH3 is 1. The van der Waals surface area contributed by atoms with Crippen LogP contribution in [0.3, 0.4) is 0 Å². The number of hydrogen-bond acceptors (Lipinski definition) is 3. The van der Waals surface area contributed by atoms with Crippen LogP contribution in [0.25, 0.3) is 0 Å². The van der Waals surface area contributed by atoms with Gasteiger partial charge in [0.15, 0.2) is 0 Å². The largest absolute Gasteiger partial charge is 0.496 e. The van der Waals surface area contributed by atoms with Gasteiger partial charge >= 0.3 is 0 Å². The minimum Gasteiger partial charge on any atom is -0.496 e. The zero-order valence-corrected chi connectivity index (χ0v) is 12.8. The summed E-state index contributed by atoms with van der Waals surface area (Å²) in [7, 11) is 3.73. The normalized spacial score (nSPS) is 11.0. The second kappa shape index (κ2) is 8.94. The Morgan fingerprint density at radius 1 is 1.16 bits per heavy atom. The van der Waals surface area contributed by atoms with Crippen LogP contribution in [0, 0.1) is 0 Å². The summed E-state index contributed by atoms with van der Waals surface area (Å²) in [5.74, 6) is 1.50. The van der Waals surface area contributed by atoms with Crippen molar-refractivity contribution < 1.29 is 4.74 Å². The first-order valence-corrected chi connectivity index (χ1v) is 7.21. The summed E-state index contributed by atoms with van der Waals surface area (Å²) < 4.78 is 5.41. The standard InChI is InChI=1S/C16H28N2O/c1-13(2)15-12-14(6-7-16(15)19-4)8-11-18-10-5-9-17-3/h6-7,12-13,17-18H,5,8-11H2,1-4H3. The second-order valence-corrected chi connectivity index (χ2v) is 5.19. The molecular weight excluding hydrogens is 236 g/mol. The molecule has 0 fully saturated rings. The maximum atomic E-state index is 5.41. The van der Waals surface area contributed by atoms with Gasteiger partial charge in [0.25, 0.3) is 0 Å². The van der Waals surface area contributed by atoms with E-state index < -0.39 is 0 Å². The highest BCUT2D eigenvalue weighted by atomic mass is 16.5. The monoisotopic (exact) mass is 264 g/mol. The highest BCUT2D eigenvalue weighted by Gasteiger charge is 2.07. The highest BCUT2D eigenvalue weighted by molar-refractivity contribution is 5.39. The van der Waals surface area contributed by atoms with E-state index in [1.54, 1.807) is 7.11 Å². The molecule has 0 heterocycles. The van der Waals surface area contributed by atoms with E-state index >= 15 is 0 Å². The Bertz CT molecular complexity index is 364. The van der Waals surface area contributed by atoms with Crippen LogP contribution in [0.15, 0.2) is 18.2 Å². The minimum absolute atomic E-state index is 0.499. The molecule has 3 nitrogen and oxygen atoms in total. The molecule has 2 N–H and O–H groups in total. The smallest absolute Gasteiger partial charge is 0.122 e. The van der Waals surface area contributed by atoms with Crippen molar-refractivity contribution in [2.24, 2.45) is 0 Å². The summed E-state index contributed by atoms with van der Waals surface area (Å²) in [6, 6.07) is 6.53. The van der Waals surface area contributed by atoms with Crippen LogP contribution in [0.1, 0.15) is 37.3 Å². The molecule has 0 amide bonds. The Labute approximate surface area is 117 Å². The zero-order valence-electron chi connectivity index (χ0n) is 12.8. The maximum Gasteiger partial charge on any atom is 0.122 e. The third kappa shape index (κ3) is 5.62. The van der Waals surface area contributed by atoms with E-state index in [2.05, 4.69) is 42.7 Å². The molecule has 1 rings (SSSR count). The number of rotatable bonds is 9. The number of benzene rings is 1. The molecule has 0 aliphatic rings. The van der Waals surface area contributed by atoms with E-state index in [4.69, 9.17) is 4.74 Å². The lowest BCUT2D eigenvalue weighted by molar-refractivity contribution is 0.407. The Morgan fingerprint density at radius 2 is 1.95 bits per heavy atom. The van der Waals surface area contributed by atoms with E-state index in [1.165, 1.54) is 17.5 Å². The summed E-state index contributed by atoms with van der Waals surface area (Å²) in [5.41, 5.74) is 2.68. The molecule has 0 spiro atoms. The summed E-state index contributed by atoms with van der Waals surface area (Å²) in [5, 5.41) is 6.63. The SMILES string of the molecule is CNCCCNCCc1ccc(OC)c(C(C)C)c1. The number of nitrogens with one attached hydrogen (secondary N) is 2. The average Bonchev–Trinajstić information content (AvgIpc) is 2.42. The number of ether oxygens (including phenoxy) is 1. The summed E-state index contributed by atoms with van der Waals surface area (Å²) >= 11 is 0. The van der Waals surface area contributed by atoms with Gasteiger partial charge in [-0.2, -0.15) is 0 Å². The van der Waals surface area contributed by atoms with Gasteiger partial charge in [0, 0.05) is 0 Å². The van der Waals surface area contributed by atoms with E-state index in [0.717, 1.165) is 31.8 Å². The van der Waals surface area contributed by atoms with Gasteiger partial charge < -0.3 is 15.4 Å². The van der Waals surface area contributed by atoms with Gasteiger partial charge in [-0.05, 0) is 62.6 Å². The van der Waals surface area contributed by atoms with Gasteiger partial charge in [0.05, 0.1) is 7.11 Å². The third-order valence-corrected chi connectivity index (χ3v) is 3.29. The van der Waals surface area contributed by atoms with Gasteiger partial charge in [-0.1, -0.05) is 26.0 Å². The molecule has 108 valence electrons. The van der Waals surface area contributed by atoms with Crippen LogP contribution in [0.5, 0.6) is 5.75 Å². The van der Waals surface area contributed by atoms with E-state index in [1.807, 2.05) is 7.05 Å². The van der Waals surface area contributed by atoms with Crippen LogP contribution in [-0.4, -0.2) is 33.8 Å². The zero-order chi connectivity index (χ0) is 14.1. The van der Waals surface area contributed by atoms with Gasteiger partial charge in [-0.15, -0.1) is 0 Å². The van der Waals surface area contributed by atoms with Gasteiger partial charge in [0.2, 0.25) is 0 Å². The molecule has 0 saturated carbocycles. The molecular formula is C16H28N2O. The molecule has 1 aromatic rings. The quantitative estimate of drug-likeness (QED) is 0.673. The van der Waals surface area contributed by atoms with Gasteiger partial charge in [-0.3, -0.25) is 0 Å². The van der Waals surface area contributed by atoms with Crippen molar-refractivity contribution in [3.63, 3.8) is 0 Å². The Kier molecular flexibility index (Phi) is 7.53. The molecule has 0 radical (unpaired) electrons. The predicted molar refractivity (Wildman–Crippen MR) is 82.2 cm³/mol. The van der Waals surface area contributed by atoms with Crippen LogP contribution >= 0.6 is 0 Å². The van der Waals surface area contributed by atoms with Crippen molar-refractivity contribution in [2.75, 3.05) is 33.8 Å². The van der Waals surface area contributed by atoms with Crippen LogP contribution in [0.2, 0.25) is 0 Å². The van der Waals surface area contributed by atoms with Crippen molar-refractivity contribution in [1.29, 1.82) is 0 Å². The van der Waals surface area contributed by atoms with E-state index in [-0.39, 0.29) is 0 Å². The first-order chi connectivity index (χ1) is 9.19. The van der Waals surface area contributed by atoms with Crippen LogP contribution in [-0.2, 0) is 6.42 Å². The summed E-state index contributed by atoms with van der Waals surface area (Å²) in [6.07, 6.45) is 2.25. The molecule has 3 heteroatoms. The molecule has 0 aliphatic carbocycles. The summed E-state index contributed by atoms with van der Waals surface area (Å²) in [6.45, 7) is 7.60. The fraction of sp³-hybridized carbons (Fsp3) is 0.625. The fourth-order valence-electron chi connectivity index (χ4n) is 2.14. The van der Waals surface area contributed by atoms with Crippen molar-refractivity contribution in [3.8, 4) is 5.75 Å². The molecule has 0 aliphatic heterocycles. The lowest BCUT2D eigenvalue weighted by Gasteiger charge is -2.13. The predicted octanol–water partition coefficient (Wildman–Crippen LogP) is 2.56. The van der Waals surface area contributed by atoms with Crippen molar-refractivity contribution in [1.82, 2.24) is 10.6 Å². The highest BCUT2D eigenvalue weighted by Crippen LogP contribution is 2.27. The topological polar surface area (TPSA) is 33.3 Å². The molecule has 0 aromatic heterocycles. The molecule has 0 saturated heterocycles. The van der Waals surface area contributed by atoms with E-state index in [0.29, 0.717) is 5.92 Å². The van der Waals surface area contributed by atoms with E-state index in [9.17, 15) is 0 Å². The Balaban J connectivity index is 2.44. The van der Waals surface area contributed by atoms with Gasteiger partial charge in [-0.25, -0.2) is 0 Å². The van der Waals surface area contributed by atoms with Crippen molar-refractivity contribution >= 4 is 0 Å². The molecule has 1 aromatic carbocycles. The Morgan fingerprint density at radius 3 is 2.58 bits per heavy atom. The van der Waals surface area contributed by atoms with Gasteiger partial charge in [0.1, 0.15) is 5.75 Å². The van der Waals surface area contributed by atoms with Crippen LogP contribution < -0.4 is 15.4 Å². The number of hydrogen-bond donors (Lipinski definition) is 2. The lowest BCUT2D eigenvalue weighted by Crippen LogP contribution is -2.22. The first kappa shape index (κ1) is 16.0. The maximum absolute atomic E-state index is 5.41. The minimum atomic E-state index is 0.499. The first-order valence-electron chi connectivity index (χ1n) is 7.21. The third-order valence-electron chi connectivity index (χ3n) is 3.29. The summed E-state index contributed by atoms with van der Waals surface area (Å²) in [4.78, 5) is 0. The fourth-order valence-corrected chi connectivity index (χ4v) is 2.14. The van der Waals surface area contributed by atoms with Crippen LogP contribution in [0.4, 0.5) is 0 Å². The molecule has 0 atom stereocenters. The molecule has 0 unspecified atom stereocenters. The lowest BCUT2D eigenvalue weighted by atomic mass is 9.98. The average molecular weight is 264 g/mol.